The van der Waals surface area contributed by atoms with Crippen LogP contribution in [0.1, 0.15) is 32.6 Å². The normalized spacial score (nSPS) is 22.8. The average molecular weight is 214 g/mol. The minimum absolute atomic E-state index is 0.0140. The molecule has 5 nitrogen and oxygen atoms in total. The van der Waals surface area contributed by atoms with Gasteiger partial charge in [0.1, 0.15) is 6.04 Å². The SMILES string of the molecule is CC(N)CCC(=O)N1CCC[C@H]1C(=O)O. The van der Waals surface area contributed by atoms with Crippen LogP contribution in [-0.4, -0.2) is 40.5 Å². The van der Waals surface area contributed by atoms with Gasteiger partial charge in [0.25, 0.3) is 0 Å². The zero-order chi connectivity index (χ0) is 11.4. The third-order valence-corrected chi connectivity index (χ3v) is 2.67. The largest absolute Gasteiger partial charge is 0.480 e. The fourth-order valence-corrected chi connectivity index (χ4v) is 1.82. The monoisotopic (exact) mass is 214 g/mol. The molecule has 0 radical (unpaired) electrons. The Hall–Kier alpha value is -1.10. The van der Waals surface area contributed by atoms with Gasteiger partial charge in [-0.3, -0.25) is 4.79 Å². The molecule has 1 aliphatic rings. The van der Waals surface area contributed by atoms with Crippen molar-refractivity contribution >= 4 is 11.9 Å². The lowest BCUT2D eigenvalue weighted by molar-refractivity contribution is -0.148. The Bertz CT molecular complexity index is 253. The van der Waals surface area contributed by atoms with E-state index in [9.17, 15) is 9.59 Å². The zero-order valence-corrected chi connectivity index (χ0v) is 8.98. The van der Waals surface area contributed by atoms with Crippen molar-refractivity contribution in [1.29, 1.82) is 0 Å². The molecule has 1 unspecified atom stereocenters. The van der Waals surface area contributed by atoms with E-state index in [-0.39, 0.29) is 11.9 Å². The average Bonchev–Trinajstić information content (AvgIpc) is 2.62. The molecule has 0 aromatic rings. The fourth-order valence-electron chi connectivity index (χ4n) is 1.82. The number of carbonyl (C=O) groups is 2. The number of hydrogen-bond donors (Lipinski definition) is 2. The van der Waals surface area contributed by atoms with E-state index in [4.69, 9.17) is 10.8 Å². The summed E-state index contributed by atoms with van der Waals surface area (Å²) in [5, 5.41) is 8.89. The van der Waals surface area contributed by atoms with Gasteiger partial charge in [0.05, 0.1) is 0 Å². The van der Waals surface area contributed by atoms with Gasteiger partial charge in [0.2, 0.25) is 5.91 Å². The Kier molecular flexibility index (Phi) is 4.08. The molecule has 0 aliphatic carbocycles. The summed E-state index contributed by atoms with van der Waals surface area (Å²) >= 11 is 0. The predicted molar refractivity (Wildman–Crippen MR) is 55.3 cm³/mol. The van der Waals surface area contributed by atoms with Crippen LogP contribution in [0.2, 0.25) is 0 Å². The van der Waals surface area contributed by atoms with Crippen LogP contribution in [0.5, 0.6) is 0 Å². The summed E-state index contributed by atoms with van der Waals surface area (Å²) in [6, 6.07) is -0.634. The minimum Gasteiger partial charge on any atom is -0.480 e. The quantitative estimate of drug-likeness (QED) is 0.699. The van der Waals surface area contributed by atoms with E-state index in [2.05, 4.69) is 0 Å². The fraction of sp³-hybridized carbons (Fsp3) is 0.800. The topological polar surface area (TPSA) is 83.6 Å². The first-order valence-electron chi connectivity index (χ1n) is 5.30. The van der Waals surface area contributed by atoms with E-state index in [1.165, 1.54) is 4.90 Å². The van der Waals surface area contributed by atoms with Crippen molar-refractivity contribution in [2.45, 2.75) is 44.7 Å². The molecule has 0 bridgehead atoms. The number of nitrogens with two attached hydrogens (primary N) is 1. The maximum Gasteiger partial charge on any atom is 0.326 e. The Morgan fingerprint density at radius 1 is 1.60 bits per heavy atom. The Morgan fingerprint density at radius 2 is 2.27 bits per heavy atom. The van der Waals surface area contributed by atoms with Crippen LogP contribution in [0, 0.1) is 0 Å². The van der Waals surface area contributed by atoms with Crippen molar-refractivity contribution in [3.05, 3.63) is 0 Å². The van der Waals surface area contributed by atoms with Gasteiger partial charge in [-0.25, -0.2) is 4.79 Å². The van der Waals surface area contributed by atoms with Crippen LogP contribution in [0.15, 0.2) is 0 Å². The smallest absolute Gasteiger partial charge is 0.326 e. The lowest BCUT2D eigenvalue weighted by Crippen LogP contribution is -2.40. The molecular weight excluding hydrogens is 196 g/mol. The van der Waals surface area contributed by atoms with Crippen LogP contribution in [0.3, 0.4) is 0 Å². The zero-order valence-electron chi connectivity index (χ0n) is 8.98. The summed E-state index contributed by atoms with van der Waals surface area (Å²) in [5.41, 5.74) is 5.55. The summed E-state index contributed by atoms with van der Waals surface area (Å²) in [6.07, 6.45) is 2.31. The van der Waals surface area contributed by atoms with Crippen LogP contribution in [-0.2, 0) is 9.59 Å². The van der Waals surface area contributed by atoms with E-state index >= 15 is 0 Å². The molecule has 2 atom stereocenters. The highest BCUT2D eigenvalue weighted by Crippen LogP contribution is 2.18. The number of likely N-dealkylation sites (tertiary alicyclic amines) is 1. The van der Waals surface area contributed by atoms with E-state index in [0.717, 1.165) is 6.42 Å². The van der Waals surface area contributed by atoms with E-state index in [1.54, 1.807) is 0 Å². The molecule has 15 heavy (non-hydrogen) atoms. The Balaban J connectivity index is 2.47. The summed E-state index contributed by atoms with van der Waals surface area (Å²) in [4.78, 5) is 24.0. The van der Waals surface area contributed by atoms with Crippen molar-refractivity contribution in [3.8, 4) is 0 Å². The second-order valence-electron chi connectivity index (χ2n) is 4.10. The number of carboxylic acid groups (broad SMARTS) is 1. The maximum atomic E-state index is 11.7. The lowest BCUT2D eigenvalue weighted by Gasteiger charge is -2.21. The lowest BCUT2D eigenvalue weighted by atomic mass is 10.1. The van der Waals surface area contributed by atoms with Crippen LogP contribution in [0.25, 0.3) is 0 Å². The number of rotatable bonds is 4. The highest BCUT2D eigenvalue weighted by molar-refractivity contribution is 5.84. The molecule has 0 aromatic heterocycles. The number of hydrogen-bond acceptors (Lipinski definition) is 3. The molecule has 3 N–H and O–H groups in total. The van der Waals surface area contributed by atoms with Crippen molar-refractivity contribution in [1.82, 2.24) is 4.90 Å². The molecule has 1 saturated heterocycles. The van der Waals surface area contributed by atoms with Crippen LogP contribution < -0.4 is 5.73 Å². The maximum absolute atomic E-state index is 11.7. The molecular formula is C10H18N2O3. The number of carbonyl (C=O) groups excluding carboxylic acids is 1. The molecule has 0 saturated carbocycles. The molecule has 5 heteroatoms. The van der Waals surface area contributed by atoms with Gasteiger partial charge in [0, 0.05) is 19.0 Å². The highest BCUT2D eigenvalue weighted by Gasteiger charge is 2.33. The van der Waals surface area contributed by atoms with Crippen molar-refractivity contribution < 1.29 is 14.7 Å². The van der Waals surface area contributed by atoms with E-state index in [1.807, 2.05) is 6.92 Å². The molecule has 1 aliphatic heterocycles. The second kappa shape index (κ2) is 5.11. The van der Waals surface area contributed by atoms with Gasteiger partial charge in [-0.15, -0.1) is 0 Å². The minimum atomic E-state index is -0.901. The number of amides is 1. The second-order valence-corrected chi connectivity index (χ2v) is 4.10. The highest BCUT2D eigenvalue weighted by atomic mass is 16.4. The van der Waals surface area contributed by atoms with E-state index < -0.39 is 12.0 Å². The van der Waals surface area contributed by atoms with Gasteiger partial charge in [0.15, 0.2) is 0 Å². The number of carboxylic acids is 1. The van der Waals surface area contributed by atoms with Crippen molar-refractivity contribution in [2.24, 2.45) is 5.73 Å². The Labute approximate surface area is 89.2 Å². The molecule has 1 fully saturated rings. The van der Waals surface area contributed by atoms with Gasteiger partial charge in [-0.2, -0.15) is 0 Å². The van der Waals surface area contributed by atoms with Crippen molar-refractivity contribution in [3.63, 3.8) is 0 Å². The first-order valence-corrected chi connectivity index (χ1v) is 5.30. The van der Waals surface area contributed by atoms with Gasteiger partial charge < -0.3 is 15.7 Å². The van der Waals surface area contributed by atoms with Gasteiger partial charge >= 0.3 is 5.97 Å². The first kappa shape index (κ1) is 12.0. The predicted octanol–water partition coefficient (Wildman–Crippen LogP) is 0.189. The summed E-state index contributed by atoms with van der Waals surface area (Å²) in [7, 11) is 0. The van der Waals surface area contributed by atoms with Crippen molar-refractivity contribution in [2.75, 3.05) is 6.54 Å². The summed E-state index contributed by atoms with van der Waals surface area (Å²) in [5.74, 6) is -0.987. The molecule has 0 aromatic carbocycles. The number of nitrogens with zero attached hydrogens (tertiary/aromatic N) is 1. The first-order chi connectivity index (χ1) is 7.02. The molecule has 0 spiro atoms. The summed E-state index contributed by atoms with van der Waals surface area (Å²) < 4.78 is 0. The molecule has 1 amide bonds. The van der Waals surface area contributed by atoms with Crippen LogP contribution in [0.4, 0.5) is 0 Å². The molecule has 1 rings (SSSR count). The third-order valence-electron chi connectivity index (χ3n) is 2.67. The third kappa shape index (κ3) is 3.20. The number of aliphatic carboxylic acids is 1. The van der Waals surface area contributed by atoms with Crippen LogP contribution >= 0.6 is 0 Å². The molecule has 1 heterocycles. The van der Waals surface area contributed by atoms with Gasteiger partial charge in [-0.05, 0) is 26.2 Å². The standard InChI is InChI=1S/C10H18N2O3/c1-7(11)4-5-9(13)12-6-2-3-8(12)10(14)15/h7-8H,2-6,11H2,1H3,(H,14,15)/t7?,8-/m0/s1. The van der Waals surface area contributed by atoms with E-state index in [0.29, 0.717) is 25.8 Å². The molecule has 86 valence electrons. The van der Waals surface area contributed by atoms with Gasteiger partial charge in [-0.1, -0.05) is 0 Å². The Morgan fingerprint density at radius 3 is 2.80 bits per heavy atom. The summed E-state index contributed by atoms with van der Waals surface area (Å²) in [6.45, 7) is 2.40.